The minimum Gasteiger partial charge on any atom is -0.493 e. The van der Waals surface area contributed by atoms with Crippen LogP contribution in [0.5, 0.6) is 5.75 Å². The van der Waals surface area contributed by atoms with Crippen molar-refractivity contribution in [2.75, 3.05) is 32.8 Å². The lowest BCUT2D eigenvalue weighted by Crippen LogP contribution is -2.51. The van der Waals surface area contributed by atoms with Gasteiger partial charge in [0.15, 0.2) is 0 Å². The number of amides is 5. The molecular formula is C34H40N4O6. The summed E-state index contributed by atoms with van der Waals surface area (Å²) in [5.41, 5.74) is 8.19. The minimum absolute atomic E-state index is 0.0349. The summed E-state index contributed by atoms with van der Waals surface area (Å²) in [6, 6.07) is 11.8. The van der Waals surface area contributed by atoms with E-state index in [1.165, 1.54) is 4.90 Å². The quantitative estimate of drug-likeness (QED) is 0.347. The Morgan fingerprint density at radius 1 is 0.841 bits per heavy atom. The topological polar surface area (TPSA) is 130 Å². The lowest BCUT2D eigenvalue weighted by atomic mass is 9.77. The van der Waals surface area contributed by atoms with Crippen LogP contribution in [-0.2, 0) is 20.8 Å². The van der Waals surface area contributed by atoms with E-state index in [2.05, 4.69) is 0 Å². The fourth-order valence-corrected chi connectivity index (χ4v) is 7.41. The molecule has 0 bridgehead atoms. The van der Waals surface area contributed by atoms with Gasteiger partial charge in [-0.1, -0.05) is 37.1 Å². The number of likely N-dealkylation sites (tertiary alicyclic amines) is 1. The van der Waals surface area contributed by atoms with Crippen molar-refractivity contribution in [3.8, 4) is 5.75 Å². The first-order valence-electron chi connectivity index (χ1n) is 15.9. The smallest absolute Gasteiger partial charge is 0.261 e. The summed E-state index contributed by atoms with van der Waals surface area (Å²) in [4.78, 5) is 71.0. The lowest BCUT2D eigenvalue weighted by molar-refractivity contribution is -0.145. The van der Waals surface area contributed by atoms with Gasteiger partial charge in [0.2, 0.25) is 17.7 Å². The van der Waals surface area contributed by atoms with Gasteiger partial charge in [-0.3, -0.25) is 28.9 Å². The van der Waals surface area contributed by atoms with E-state index < -0.39 is 35.6 Å². The molecule has 44 heavy (non-hydrogen) atoms. The van der Waals surface area contributed by atoms with Crippen LogP contribution in [0.1, 0.15) is 89.3 Å². The number of ether oxygens (including phenoxy) is 1. The highest BCUT2D eigenvalue weighted by Crippen LogP contribution is 2.41. The Morgan fingerprint density at radius 2 is 1.52 bits per heavy atom. The number of nitrogens with two attached hydrogens (primary N) is 1. The van der Waals surface area contributed by atoms with Crippen molar-refractivity contribution in [2.45, 2.75) is 63.8 Å². The molecule has 3 atom stereocenters. The van der Waals surface area contributed by atoms with Gasteiger partial charge < -0.3 is 20.3 Å². The molecule has 0 aromatic heterocycles. The maximum atomic E-state index is 14.3. The molecule has 1 unspecified atom stereocenters. The molecule has 3 aliphatic heterocycles. The minimum atomic E-state index is -0.661. The van der Waals surface area contributed by atoms with E-state index in [1.807, 2.05) is 23.1 Å². The molecule has 4 aliphatic rings. The van der Waals surface area contributed by atoms with E-state index in [0.717, 1.165) is 49.9 Å². The van der Waals surface area contributed by atoms with Gasteiger partial charge in [0.1, 0.15) is 5.75 Å². The molecule has 2 N–H and O–H groups in total. The van der Waals surface area contributed by atoms with Gasteiger partial charge >= 0.3 is 0 Å². The van der Waals surface area contributed by atoms with E-state index in [9.17, 15) is 24.0 Å². The monoisotopic (exact) mass is 600 g/mol. The Hall–Kier alpha value is -4.21. The Morgan fingerprint density at radius 3 is 2.20 bits per heavy atom. The zero-order chi connectivity index (χ0) is 30.8. The molecule has 2 aromatic rings. The van der Waals surface area contributed by atoms with Gasteiger partial charge in [0.25, 0.3) is 11.8 Å². The van der Waals surface area contributed by atoms with Gasteiger partial charge in [0.05, 0.1) is 30.3 Å². The number of imide groups is 1. The highest BCUT2D eigenvalue weighted by molar-refractivity contribution is 6.21. The van der Waals surface area contributed by atoms with Crippen molar-refractivity contribution in [2.24, 2.45) is 17.6 Å². The third kappa shape index (κ3) is 5.69. The predicted molar refractivity (Wildman–Crippen MR) is 162 cm³/mol. The maximum absolute atomic E-state index is 14.3. The first kappa shape index (κ1) is 29.8. The second kappa shape index (κ2) is 12.8. The van der Waals surface area contributed by atoms with E-state index in [4.69, 9.17) is 10.5 Å². The Kier molecular flexibility index (Phi) is 8.68. The van der Waals surface area contributed by atoms with E-state index >= 15 is 0 Å². The van der Waals surface area contributed by atoms with Crippen LogP contribution in [0.3, 0.4) is 0 Å². The molecule has 1 saturated heterocycles. The second-order valence-corrected chi connectivity index (χ2v) is 12.3. The summed E-state index contributed by atoms with van der Waals surface area (Å²) in [5, 5.41) is 0. The van der Waals surface area contributed by atoms with Gasteiger partial charge in [0, 0.05) is 43.5 Å². The molecule has 0 spiro atoms. The second-order valence-electron chi connectivity index (χ2n) is 12.3. The summed E-state index contributed by atoms with van der Waals surface area (Å²) < 4.78 is 6.29. The molecule has 2 fully saturated rings. The summed E-state index contributed by atoms with van der Waals surface area (Å²) in [6.45, 7) is 2.29. The van der Waals surface area contributed by atoms with Crippen molar-refractivity contribution in [1.82, 2.24) is 14.7 Å². The zero-order valence-electron chi connectivity index (χ0n) is 25.0. The van der Waals surface area contributed by atoms with Gasteiger partial charge in [-0.15, -0.1) is 0 Å². The number of rotatable bonds is 9. The average Bonchev–Trinajstić information content (AvgIpc) is 3.67. The number of nitrogens with zero attached hydrogens (tertiary/aromatic N) is 3. The molecule has 5 amide bonds. The van der Waals surface area contributed by atoms with Crippen molar-refractivity contribution in [3.63, 3.8) is 0 Å². The number of hydrogen-bond donors (Lipinski definition) is 1. The fraction of sp³-hybridized carbons (Fsp3) is 0.500. The molecule has 10 heteroatoms. The first-order chi connectivity index (χ1) is 21.3. The number of benzene rings is 2. The molecule has 2 aromatic carbocycles. The number of carbonyl (C=O) groups is 5. The third-order valence-electron chi connectivity index (χ3n) is 9.70. The summed E-state index contributed by atoms with van der Waals surface area (Å²) >= 11 is 0. The SMILES string of the molecule is NC(=O)[C@H]1CCCC[C@H]1C(=O)N1CCc2cccc(OCCCC(=O)N3CCCC3)c2C1CN1C(=O)c2ccccc2C1=O. The zero-order valence-corrected chi connectivity index (χ0v) is 25.0. The van der Waals surface area contributed by atoms with Crippen LogP contribution in [0, 0.1) is 11.8 Å². The lowest BCUT2D eigenvalue weighted by Gasteiger charge is -2.42. The normalized spacial score (nSPS) is 23.0. The highest BCUT2D eigenvalue weighted by Gasteiger charge is 2.44. The van der Waals surface area contributed by atoms with E-state index in [1.54, 1.807) is 29.2 Å². The molecule has 3 heterocycles. The number of hydrogen-bond acceptors (Lipinski definition) is 6. The van der Waals surface area contributed by atoms with Crippen LogP contribution < -0.4 is 10.5 Å². The Bertz CT molecular complexity index is 1430. The van der Waals surface area contributed by atoms with E-state index in [-0.39, 0.29) is 18.4 Å². The van der Waals surface area contributed by atoms with Crippen LogP contribution in [0.4, 0.5) is 0 Å². The van der Waals surface area contributed by atoms with Gasteiger partial charge in [-0.05, 0) is 62.3 Å². The maximum Gasteiger partial charge on any atom is 0.261 e. The molecule has 1 saturated carbocycles. The summed E-state index contributed by atoms with van der Waals surface area (Å²) in [7, 11) is 0. The van der Waals surface area contributed by atoms with E-state index in [0.29, 0.717) is 62.1 Å². The van der Waals surface area contributed by atoms with Crippen LogP contribution in [0.2, 0.25) is 0 Å². The molecule has 6 rings (SSSR count). The fourth-order valence-electron chi connectivity index (χ4n) is 7.41. The van der Waals surface area contributed by atoms with Crippen molar-refractivity contribution >= 4 is 29.5 Å². The molecule has 232 valence electrons. The molecule has 1 aliphatic carbocycles. The molecule has 0 radical (unpaired) electrons. The summed E-state index contributed by atoms with van der Waals surface area (Å²) in [5.74, 6) is -1.80. The van der Waals surface area contributed by atoms with Crippen LogP contribution in [0.25, 0.3) is 0 Å². The van der Waals surface area contributed by atoms with Gasteiger partial charge in [-0.25, -0.2) is 0 Å². The van der Waals surface area contributed by atoms with Crippen LogP contribution >= 0.6 is 0 Å². The van der Waals surface area contributed by atoms with Gasteiger partial charge in [-0.2, -0.15) is 0 Å². The number of primary amides is 1. The first-order valence-corrected chi connectivity index (χ1v) is 15.9. The standard InChI is InChI=1S/C34H40N4O6/c35-31(40)23-10-1-2-11-24(23)32(41)37-19-16-22-9-7-14-28(44-20-8-15-29(39)36-17-5-6-18-36)30(22)27(37)21-38-33(42)25-12-3-4-13-26(25)34(38)43/h3-4,7,9,12-14,23-24,27H,1-2,5-6,8,10-11,15-21H2,(H2,35,40)/t23-,24+,27?/m0/s1. The van der Waals surface area contributed by atoms with Crippen molar-refractivity contribution in [1.29, 1.82) is 0 Å². The highest BCUT2D eigenvalue weighted by atomic mass is 16.5. The van der Waals surface area contributed by atoms with Crippen LogP contribution in [0.15, 0.2) is 42.5 Å². The third-order valence-corrected chi connectivity index (χ3v) is 9.70. The van der Waals surface area contributed by atoms with Crippen molar-refractivity contribution in [3.05, 3.63) is 64.7 Å². The largest absolute Gasteiger partial charge is 0.493 e. The van der Waals surface area contributed by atoms with Crippen LogP contribution in [-0.4, -0.2) is 77.0 Å². The summed E-state index contributed by atoms with van der Waals surface area (Å²) in [6.07, 6.45) is 6.42. The predicted octanol–water partition coefficient (Wildman–Crippen LogP) is 3.48. The number of fused-ring (bicyclic) bond motifs is 2. The molecule has 10 nitrogen and oxygen atoms in total. The average molecular weight is 601 g/mol. The Balaban J connectivity index is 1.28. The molecular weight excluding hydrogens is 560 g/mol. The van der Waals surface area contributed by atoms with Crippen molar-refractivity contribution < 1.29 is 28.7 Å². The Labute approximate surface area is 257 Å². The number of carbonyl (C=O) groups excluding carboxylic acids is 5.